The Hall–Kier alpha value is -7.17. The van der Waals surface area contributed by atoms with Crippen LogP contribution in [0.25, 0.3) is 0 Å². The van der Waals surface area contributed by atoms with E-state index in [2.05, 4.69) is 15.3 Å². The zero-order valence-corrected chi connectivity index (χ0v) is 36.8. The first kappa shape index (κ1) is 44.1. The van der Waals surface area contributed by atoms with Crippen LogP contribution in [-0.2, 0) is 34.1 Å². The van der Waals surface area contributed by atoms with Crippen molar-refractivity contribution in [2.45, 2.75) is 49.5 Å². The minimum absolute atomic E-state index is 0.0424. The highest BCUT2D eigenvalue weighted by Crippen LogP contribution is 2.66. The van der Waals surface area contributed by atoms with Crippen LogP contribution < -0.4 is 19.9 Å². The lowest BCUT2D eigenvalue weighted by atomic mass is 9.65. The third kappa shape index (κ3) is 7.49. The summed E-state index contributed by atoms with van der Waals surface area (Å²) in [5.41, 5.74) is 0.624. The summed E-state index contributed by atoms with van der Waals surface area (Å²) in [6.07, 6.45) is 2.41. The fourth-order valence-corrected chi connectivity index (χ4v) is 10.4. The molecule has 16 heteroatoms. The summed E-state index contributed by atoms with van der Waals surface area (Å²) in [4.78, 5) is 91.2. The number of aliphatic hydroxyl groups is 1. The molecular weight excluding hydrogens is 843 g/mol. The van der Waals surface area contributed by atoms with E-state index in [1.165, 1.54) is 7.11 Å². The molecule has 0 radical (unpaired) electrons. The van der Waals surface area contributed by atoms with E-state index in [9.17, 15) is 14.7 Å². The number of nitrogens with zero attached hydrogens (tertiary/aromatic N) is 6. The average molecular weight is 894 g/mol. The van der Waals surface area contributed by atoms with E-state index in [1.54, 1.807) is 85.7 Å². The van der Waals surface area contributed by atoms with Crippen LogP contribution in [0, 0.1) is 11.8 Å². The number of morpholine rings is 1. The van der Waals surface area contributed by atoms with Gasteiger partial charge in [-0.3, -0.25) is 19.3 Å². The fraction of sp³-hybridized carbons (Fsp3) is 0.340. The van der Waals surface area contributed by atoms with E-state index < -0.39 is 77.3 Å². The van der Waals surface area contributed by atoms with Crippen LogP contribution >= 0.6 is 0 Å². The predicted molar refractivity (Wildman–Crippen MR) is 241 cm³/mol. The number of fused-ring (bicyclic) bond motifs is 3. The number of aliphatic hydroxyl groups excluding tert-OH is 1. The molecule has 1 aromatic heterocycles. The summed E-state index contributed by atoms with van der Waals surface area (Å²) < 4.78 is 17.4. The molecule has 5 aromatic rings. The number of imide groups is 1. The standard InChI is InChI=1S/C50H51N7O9/c1-31(2)39(45(60)64-3)53-49(63)56-37-18-11-10-17-36(37)50(47(56)62)38(44(59)54-25-27-55(28-26-54)48-51-23-12-24-52-48)41-46(61)66-42(33-15-8-5-9-16-33)40(32-13-6-4-7-14-32)57(41)43(50)34-19-21-35(22-20-34)65-30-29-58/h4-24,31,38-43,58H,25-30H2,1-3H3,(H,53,63)/t38-,39+,40-,41-,42+,43+,50-/m1/s1. The number of hydrogen-bond acceptors (Lipinski definition) is 13. The van der Waals surface area contributed by atoms with Crippen LogP contribution in [0.15, 0.2) is 128 Å². The van der Waals surface area contributed by atoms with Gasteiger partial charge < -0.3 is 34.4 Å². The number of para-hydroxylation sites is 1. The Labute approximate surface area is 382 Å². The maximum absolute atomic E-state index is 16.4. The zero-order valence-electron chi connectivity index (χ0n) is 36.8. The van der Waals surface area contributed by atoms with Gasteiger partial charge in [-0.2, -0.15) is 0 Å². The molecule has 4 amide bonds. The number of methoxy groups -OCH3 is 1. The van der Waals surface area contributed by atoms with Gasteiger partial charge >= 0.3 is 18.0 Å². The average Bonchev–Trinajstić information content (AvgIpc) is 3.82. The smallest absolute Gasteiger partial charge is 0.329 e. The minimum atomic E-state index is -1.96. The number of piperazine rings is 1. The molecule has 66 heavy (non-hydrogen) atoms. The molecule has 9 rings (SSSR count). The molecule has 3 saturated heterocycles. The number of anilines is 2. The van der Waals surface area contributed by atoms with Crippen molar-refractivity contribution in [3.63, 3.8) is 0 Å². The Morgan fingerprint density at radius 3 is 2.08 bits per heavy atom. The van der Waals surface area contributed by atoms with Crippen LogP contribution in [0.1, 0.15) is 54.3 Å². The molecule has 2 N–H and O–H groups in total. The lowest BCUT2D eigenvalue weighted by Gasteiger charge is -2.46. The van der Waals surface area contributed by atoms with Crippen molar-refractivity contribution in [1.29, 1.82) is 0 Å². The molecule has 0 saturated carbocycles. The SMILES string of the molecule is COC(=O)[C@@H](NC(=O)N1C(=O)[C@@]2(c3ccccc31)[C@H](c1ccc(OCCO)cc1)N1[C@H](c3ccccc3)[C@H](c3ccccc3)OC(=O)[C@H]1[C@@H]2C(=O)N1CCN(c2ncccn2)CC1)C(C)C. The summed E-state index contributed by atoms with van der Waals surface area (Å²) in [6.45, 7) is 4.52. The quantitative estimate of drug-likeness (QED) is 0.173. The van der Waals surface area contributed by atoms with Crippen LogP contribution in [-0.4, -0.2) is 113 Å². The van der Waals surface area contributed by atoms with E-state index in [0.29, 0.717) is 41.5 Å². The number of rotatable bonds is 11. The summed E-state index contributed by atoms with van der Waals surface area (Å²) in [6, 6.07) is 29.3. The predicted octanol–water partition coefficient (Wildman–Crippen LogP) is 4.77. The number of aromatic nitrogens is 2. The number of benzene rings is 4. The number of nitrogens with one attached hydrogen (secondary N) is 1. The number of urea groups is 1. The van der Waals surface area contributed by atoms with Gasteiger partial charge in [0.25, 0.3) is 0 Å². The first-order valence-corrected chi connectivity index (χ1v) is 22.1. The number of ether oxygens (including phenoxy) is 3. The van der Waals surface area contributed by atoms with Gasteiger partial charge in [0.1, 0.15) is 36.0 Å². The number of cyclic esters (lactones) is 1. The van der Waals surface area contributed by atoms with Gasteiger partial charge in [-0.25, -0.2) is 24.5 Å². The Bertz CT molecular complexity index is 2580. The molecule has 0 bridgehead atoms. The Kier molecular flexibility index (Phi) is 12.3. The Morgan fingerprint density at radius 1 is 0.803 bits per heavy atom. The van der Waals surface area contributed by atoms with Crippen LogP contribution in [0.4, 0.5) is 16.4 Å². The van der Waals surface area contributed by atoms with Crippen LogP contribution in [0.2, 0.25) is 0 Å². The lowest BCUT2D eigenvalue weighted by molar-refractivity contribution is -0.179. The topological polar surface area (TPSA) is 184 Å². The first-order valence-electron chi connectivity index (χ1n) is 22.1. The van der Waals surface area contributed by atoms with Crippen molar-refractivity contribution in [3.05, 3.63) is 150 Å². The van der Waals surface area contributed by atoms with Gasteiger partial charge in [-0.15, -0.1) is 0 Å². The summed E-state index contributed by atoms with van der Waals surface area (Å²) >= 11 is 0. The maximum atomic E-state index is 16.4. The largest absolute Gasteiger partial charge is 0.491 e. The van der Waals surface area contributed by atoms with Crippen molar-refractivity contribution in [3.8, 4) is 5.75 Å². The second-order valence-electron chi connectivity index (χ2n) is 17.1. The minimum Gasteiger partial charge on any atom is -0.491 e. The number of esters is 2. The van der Waals surface area contributed by atoms with Crippen molar-refractivity contribution in [1.82, 2.24) is 25.1 Å². The summed E-state index contributed by atoms with van der Waals surface area (Å²) in [5.74, 6) is -3.52. The molecule has 340 valence electrons. The molecular formula is C50H51N7O9. The van der Waals surface area contributed by atoms with Crippen LogP contribution in [0.3, 0.4) is 0 Å². The highest BCUT2D eigenvalue weighted by atomic mass is 16.6. The van der Waals surface area contributed by atoms with E-state index in [-0.39, 0.29) is 32.0 Å². The molecule has 0 unspecified atom stereocenters. The van der Waals surface area contributed by atoms with Crippen LogP contribution in [0.5, 0.6) is 5.75 Å². The van der Waals surface area contributed by atoms with E-state index >= 15 is 14.4 Å². The number of carbonyl (C=O) groups is 5. The zero-order chi connectivity index (χ0) is 46.1. The second kappa shape index (κ2) is 18.4. The van der Waals surface area contributed by atoms with E-state index in [0.717, 1.165) is 10.5 Å². The third-order valence-electron chi connectivity index (χ3n) is 13.2. The maximum Gasteiger partial charge on any atom is 0.329 e. The summed E-state index contributed by atoms with van der Waals surface area (Å²) in [5, 5.41) is 12.3. The molecule has 16 nitrogen and oxygen atoms in total. The Balaban J connectivity index is 1.28. The summed E-state index contributed by atoms with van der Waals surface area (Å²) in [7, 11) is 1.22. The van der Waals surface area contributed by atoms with Gasteiger partial charge in [0.15, 0.2) is 0 Å². The van der Waals surface area contributed by atoms with Gasteiger partial charge in [-0.05, 0) is 52.4 Å². The monoisotopic (exact) mass is 893 g/mol. The number of hydrogen-bond donors (Lipinski definition) is 2. The molecule has 5 heterocycles. The molecule has 1 spiro atoms. The first-order chi connectivity index (χ1) is 32.1. The van der Waals surface area contributed by atoms with Crippen molar-refractivity contribution < 1.29 is 43.3 Å². The highest BCUT2D eigenvalue weighted by Gasteiger charge is 2.76. The van der Waals surface area contributed by atoms with Gasteiger partial charge in [-0.1, -0.05) is 105 Å². The van der Waals surface area contributed by atoms with Crippen molar-refractivity contribution >= 4 is 41.4 Å². The van der Waals surface area contributed by atoms with Gasteiger partial charge in [0.2, 0.25) is 17.8 Å². The lowest BCUT2D eigenvalue weighted by Crippen LogP contribution is -2.60. The fourth-order valence-electron chi connectivity index (χ4n) is 10.4. The third-order valence-corrected chi connectivity index (χ3v) is 13.2. The number of carbonyl (C=O) groups excluding carboxylic acids is 5. The number of amides is 4. The molecule has 4 aromatic carbocycles. The molecule has 7 atom stereocenters. The van der Waals surface area contributed by atoms with Crippen molar-refractivity contribution in [2.24, 2.45) is 11.8 Å². The molecule has 3 fully saturated rings. The van der Waals surface area contributed by atoms with E-state index in [1.807, 2.05) is 70.5 Å². The normalized spacial score (nSPS) is 24.1. The Morgan fingerprint density at radius 2 is 1.44 bits per heavy atom. The van der Waals surface area contributed by atoms with Gasteiger partial charge in [0.05, 0.1) is 37.4 Å². The molecule has 4 aliphatic rings. The second-order valence-corrected chi connectivity index (χ2v) is 17.1. The van der Waals surface area contributed by atoms with Gasteiger partial charge in [0, 0.05) is 38.6 Å². The molecule has 4 aliphatic heterocycles. The highest BCUT2D eigenvalue weighted by molar-refractivity contribution is 6.25. The van der Waals surface area contributed by atoms with Crippen molar-refractivity contribution in [2.75, 3.05) is 56.3 Å². The van der Waals surface area contributed by atoms with E-state index in [4.69, 9.17) is 14.2 Å². The molecule has 0 aliphatic carbocycles.